The van der Waals surface area contributed by atoms with E-state index in [2.05, 4.69) is 10.0 Å². The highest BCUT2D eigenvalue weighted by atomic mass is 32.2. The molecule has 0 radical (unpaired) electrons. The molecule has 126 valence electrons. The van der Waals surface area contributed by atoms with E-state index >= 15 is 0 Å². The van der Waals surface area contributed by atoms with Gasteiger partial charge in [-0.25, -0.2) is 8.42 Å². The number of nitrogens with one attached hydrogen (secondary N) is 2. The highest BCUT2D eigenvalue weighted by molar-refractivity contribution is 7.92. The van der Waals surface area contributed by atoms with E-state index in [4.69, 9.17) is 0 Å². The highest BCUT2D eigenvalue weighted by Gasteiger charge is 2.23. The van der Waals surface area contributed by atoms with Crippen LogP contribution >= 0.6 is 0 Å². The number of amides is 1. The monoisotopic (exact) mass is 344 g/mol. The number of benzene rings is 2. The molecule has 1 saturated carbocycles. The summed E-state index contributed by atoms with van der Waals surface area (Å²) in [5.74, 6) is 0.00518. The van der Waals surface area contributed by atoms with Gasteiger partial charge in [0.05, 0.1) is 11.3 Å². The number of carbonyl (C=O) groups is 1. The average Bonchev–Trinajstić information content (AvgIpc) is 3.33. The van der Waals surface area contributed by atoms with E-state index in [0.717, 1.165) is 24.0 Å². The van der Waals surface area contributed by atoms with Crippen LogP contribution in [0.3, 0.4) is 0 Å². The molecule has 1 aliphatic carbocycles. The summed E-state index contributed by atoms with van der Waals surface area (Å²) in [6.07, 6.45) is 2.43. The molecule has 3 rings (SSSR count). The molecule has 2 N–H and O–H groups in total. The third-order valence-electron chi connectivity index (χ3n) is 3.81. The third-order valence-corrected chi connectivity index (χ3v) is 5.19. The second-order valence-electron chi connectivity index (χ2n) is 6.14. The Morgan fingerprint density at radius 3 is 2.46 bits per heavy atom. The van der Waals surface area contributed by atoms with Gasteiger partial charge in [0, 0.05) is 11.7 Å². The van der Waals surface area contributed by atoms with Crippen LogP contribution in [0.1, 0.15) is 24.0 Å². The van der Waals surface area contributed by atoms with E-state index in [0.29, 0.717) is 18.2 Å². The highest BCUT2D eigenvalue weighted by Crippen LogP contribution is 2.20. The number of carbonyl (C=O) groups excluding carboxylic acids is 1. The summed E-state index contributed by atoms with van der Waals surface area (Å²) in [4.78, 5) is 12.0. The van der Waals surface area contributed by atoms with Crippen LogP contribution in [-0.2, 0) is 21.2 Å². The molecule has 0 unspecified atom stereocenters. The van der Waals surface area contributed by atoms with Crippen molar-refractivity contribution in [3.8, 4) is 0 Å². The van der Waals surface area contributed by atoms with Crippen molar-refractivity contribution in [3.05, 3.63) is 59.7 Å². The average molecular weight is 344 g/mol. The molecule has 0 heterocycles. The quantitative estimate of drug-likeness (QED) is 0.846. The van der Waals surface area contributed by atoms with E-state index in [1.54, 1.807) is 42.5 Å². The molecular formula is C18H20N2O3S. The Bertz CT molecular complexity index is 841. The van der Waals surface area contributed by atoms with Gasteiger partial charge in [0.1, 0.15) is 0 Å². The SMILES string of the molecule is Cc1cccc(S(=O)(=O)Nc2ccc(CC(=O)NC3CC3)cc2)c1. The summed E-state index contributed by atoms with van der Waals surface area (Å²) < 4.78 is 27.3. The van der Waals surface area contributed by atoms with Crippen molar-refractivity contribution >= 4 is 21.6 Å². The Kier molecular flexibility index (Phi) is 4.57. The Morgan fingerprint density at radius 2 is 1.83 bits per heavy atom. The normalized spacial score (nSPS) is 14.2. The number of anilines is 1. The Balaban J connectivity index is 1.65. The van der Waals surface area contributed by atoms with Crippen molar-refractivity contribution in [3.63, 3.8) is 0 Å². The van der Waals surface area contributed by atoms with Gasteiger partial charge in [-0.15, -0.1) is 0 Å². The van der Waals surface area contributed by atoms with Crippen molar-refractivity contribution in [2.75, 3.05) is 4.72 Å². The van der Waals surface area contributed by atoms with Gasteiger partial charge in [-0.2, -0.15) is 0 Å². The Labute approximate surface area is 142 Å². The minimum Gasteiger partial charge on any atom is -0.353 e. The van der Waals surface area contributed by atoms with Crippen molar-refractivity contribution in [2.45, 2.75) is 37.1 Å². The molecule has 2 aromatic rings. The van der Waals surface area contributed by atoms with Gasteiger partial charge in [-0.1, -0.05) is 24.3 Å². The Hall–Kier alpha value is -2.34. The molecule has 2 aromatic carbocycles. The van der Waals surface area contributed by atoms with Gasteiger partial charge in [0.25, 0.3) is 10.0 Å². The standard InChI is InChI=1S/C18H20N2O3S/c1-13-3-2-4-17(11-13)24(22,23)20-16-7-5-14(6-8-16)12-18(21)19-15-9-10-15/h2-8,11,15,20H,9-10,12H2,1H3,(H,19,21). The zero-order valence-electron chi connectivity index (χ0n) is 13.5. The molecule has 5 nitrogen and oxygen atoms in total. The summed E-state index contributed by atoms with van der Waals surface area (Å²) in [5.41, 5.74) is 2.21. The first kappa shape index (κ1) is 16.5. The van der Waals surface area contributed by atoms with Crippen LogP contribution in [-0.4, -0.2) is 20.4 Å². The van der Waals surface area contributed by atoms with E-state index in [1.165, 1.54) is 0 Å². The lowest BCUT2D eigenvalue weighted by molar-refractivity contribution is -0.120. The molecule has 1 fully saturated rings. The molecule has 0 bridgehead atoms. The van der Waals surface area contributed by atoms with Crippen molar-refractivity contribution < 1.29 is 13.2 Å². The molecule has 1 aliphatic rings. The molecule has 0 atom stereocenters. The molecule has 24 heavy (non-hydrogen) atoms. The molecule has 0 saturated heterocycles. The van der Waals surface area contributed by atoms with Crippen LogP contribution < -0.4 is 10.0 Å². The lowest BCUT2D eigenvalue weighted by Gasteiger charge is -2.09. The zero-order chi connectivity index (χ0) is 17.2. The van der Waals surface area contributed by atoms with Crippen LogP contribution in [0.4, 0.5) is 5.69 Å². The molecule has 0 aliphatic heterocycles. The van der Waals surface area contributed by atoms with Crippen LogP contribution in [0.2, 0.25) is 0 Å². The number of hydrogen-bond acceptors (Lipinski definition) is 3. The number of hydrogen-bond donors (Lipinski definition) is 2. The van der Waals surface area contributed by atoms with Gasteiger partial charge >= 0.3 is 0 Å². The summed E-state index contributed by atoms with van der Waals surface area (Å²) in [6.45, 7) is 1.85. The first-order chi connectivity index (χ1) is 11.4. The minimum absolute atomic E-state index is 0.00518. The van der Waals surface area contributed by atoms with Gasteiger partial charge in [-0.3, -0.25) is 9.52 Å². The van der Waals surface area contributed by atoms with E-state index in [9.17, 15) is 13.2 Å². The van der Waals surface area contributed by atoms with Crippen LogP contribution in [0.25, 0.3) is 0 Å². The number of rotatable bonds is 6. The van der Waals surface area contributed by atoms with E-state index in [-0.39, 0.29) is 10.8 Å². The molecule has 0 spiro atoms. The van der Waals surface area contributed by atoms with Crippen LogP contribution in [0.15, 0.2) is 53.4 Å². The summed E-state index contributed by atoms with van der Waals surface area (Å²) in [6, 6.07) is 14.0. The second kappa shape index (κ2) is 6.65. The largest absolute Gasteiger partial charge is 0.353 e. The van der Waals surface area contributed by atoms with Gasteiger partial charge < -0.3 is 5.32 Å². The smallest absolute Gasteiger partial charge is 0.261 e. The van der Waals surface area contributed by atoms with E-state index in [1.807, 2.05) is 13.0 Å². The lowest BCUT2D eigenvalue weighted by atomic mass is 10.1. The molecular weight excluding hydrogens is 324 g/mol. The maximum Gasteiger partial charge on any atom is 0.261 e. The number of sulfonamides is 1. The molecule has 1 amide bonds. The van der Waals surface area contributed by atoms with E-state index < -0.39 is 10.0 Å². The fourth-order valence-electron chi connectivity index (χ4n) is 2.38. The summed E-state index contributed by atoms with van der Waals surface area (Å²) in [5, 5.41) is 2.93. The zero-order valence-corrected chi connectivity index (χ0v) is 14.3. The van der Waals surface area contributed by atoms with Crippen molar-refractivity contribution in [1.82, 2.24) is 5.32 Å². The fraction of sp³-hybridized carbons (Fsp3) is 0.278. The van der Waals surface area contributed by atoms with Gasteiger partial charge in [0.15, 0.2) is 0 Å². The predicted octanol–water partition coefficient (Wildman–Crippen LogP) is 2.62. The van der Waals surface area contributed by atoms with Crippen LogP contribution in [0, 0.1) is 6.92 Å². The molecule has 0 aromatic heterocycles. The topological polar surface area (TPSA) is 75.3 Å². The first-order valence-electron chi connectivity index (χ1n) is 7.90. The third kappa shape index (κ3) is 4.35. The molecule has 6 heteroatoms. The lowest BCUT2D eigenvalue weighted by Crippen LogP contribution is -2.26. The van der Waals surface area contributed by atoms with Gasteiger partial charge in [-0.05, 0) is 55.2 Å². The maximum atomic E-state index is 12.4. The van der Waals surface area contributed by atoms with Crippen LogP contribution in [0.5, 0.6) is 0 Å². The van der Waals surface area contributed by atoms with Crippen molar-refractivity contribution in [2.24, 2.45) is 0 Å². The van der Waals surface area contributed by atoms with Gasteiger partial charge in [0.2, 0.25) is 5.91 Å². The fourth-order valence-corrected chi connectivity index (χ4v) is 3.54. The second-order valence-corrected chi connectivity index (χ2v) is 7.82. The predicted molar refractivity (Wildman–Crippen MR) is 93.3 cm³/mol. The number of aryl methyl sites for hydroxylation is 1. The first-order valence-corrected chi connectivity index (χ1v) is 9.38. The Morgan fingerprint density at radius 1 is 1.12 bits per heavy atom. The maximum absolute atomic E-state index is 12.4. The summed E-state index contributed by atoms with van der Waals surface area (Å²) in [7, 11) is -3.61. The minimum atomic E-state index is -3.61. The van der Waals surface area contributed by atoms with Crippen molar-refractivity contribution in [1.29, 1.82) is 0 Å². The summed E-state index contributed by atoms with van der Waals surface area (Å²) >= 11 is 0.